The maximum absolute atomic E-state index is 13.3. The Morgan fingerprint density at radius 2 is 1.74 bits per heavy atom. The van der Waals surface area contributed by atoms with Crippen LogP contribution >= 0.6 is 0 Å². The number of likely N-dealkylation sites (tertiary alicyclic amines) is 1. The second kappa shape index (κ2) is 8.63. The van der Waals surface area contributed by atoms with E-state index in [0.29, 0.717) is 0 Å². The van der Waals surface area contributed by atoms with Crippen molar-refractivity contribution in [2.75, 3.05) is 19.7 Å². The summed E-state index contributed by atoms with van der Waals surface area (Å²) in [7, 11) is -5.90. The second-order valence-corrected chi connectivity index (χ2v) is 8.70. The molecule has 8 nitrogen and oxygen atoms in total. The first kappa shape index (κ1) is 23.5. The smallest absolute Gasteiger partial charge is 0.410 e. The zero-order valence-corrected chi connectivity index (χ0v) is 16.1. The van der Waals surface area contributed by atoms with Crippen LogP contribution in [0.15, 0.2) is 0 Å². The summed E-state index contributed by atoms with van der Waals surface area (Å²) >= 11 is 0. The molecule has 0 saturated carbocycles. The molecule has 1 N–H and O–H groups in total. The number of amides is 1. The molecule has 0 aliphatic carbocycles. The zero-order chi connectivity index (χ0) is 21.0. The van der Waals surface area contributed by atoms with E-state index < -0.39 is 58.2 Å². The molecule has 1 unspecified atom stereocenters. The van der Waals surface area contributed by atoms with Crippen LogP contribution in [0.4, 0.5) is 18.0 Å². The van der Waals surface area contributed by atoms with E-state index in [9.17, 15) is 31.2 Å². The van der Waals surface area contributed by atoms with Gasteiger partial charge in [0, 0.05) is 19.5 Å². The average molecular weight is 419 g/mol. The summed E-state index contributed by atoms with van der Waals surface area (Å²) in [5.41, 5.74) is -0.653. The number of hydrogen-bond donors (Lipinski definition) is 1. The summed E-state index contributed by atoms with van der Waals surface area (Å²) in [5, 5.41) is -4.97. The van der Waals surface area contributed by atoms with E-state index in [0.717, 1.165) is 0 Å². The predicted octanol–water partition coefficient (Wildman–Crippen LogP) is 2.39. The van der Waals surface area contributed by atoms with Crippen LogP contribution in [0.3, 0.4) is 0 Å². The van der Waals surface area contributed by atoms with Gasteiger partial charge < -0.3 is 14.4 Å². The number of halogens is 3. The maximum atomic E-state index is 13.3. The Morgan fingerprint density at radius 1 is 1.22 bits per heavy atom. The highest BCUT2D eigenvalue weighted by Crippen LogP contribution is 2.29. The molecule has 1 amide bonds. The molecule has 1 heterocycles. The predicted molar refractivity (Wildman–Crippen MR) is 87.5 cm³/mol. The van der Waals surface area contributed by atoms with Crippen LogP contribution in [-0.2, 0) is 24.4 Å². The van der Waals surface area contributed by atoms with Gasteiger partial charge in [-0.05, 0) is 33.6 Å². The second-order valence-electron chi connectivity index (χ2n) is 7.20. The number of carbonyl (C=O) groups excluding carboxylic acids is 2. The van der Waals surface area contributed by atoms with Gasteiger partial charge in [-0.3, -0.25) is 9.35 Å². The molecule has 1 rings (SSSR count). The van der Waals surface area contributed by atoms with Crippen molar-refractivity contribution in [2.24, 2.45) is 5.92 Å². The number of rotatable bonds is 6. The number of hydrogen-bond acceptors (Lipinski definition) is 6. The molecular weight excluding hydrogens is 395 g/mol. The van der Waals surface area contributed by atoms with E-state index in [1.54, 1.807) is 20.8 Å². The van der Waals surface area contributed by atoms with Gasteiger partial charge in [-0.2, -0.15) is 17.2 Å². The van der Waals surface area contributed by atoms with Crippen LogP contribution in [0.25, 0.3) is 0 Å². The molecule has 1 saturated heterocycles. The van der Waals surface area contributed by atoms with Gasteiger partial charge in [-0.25, -0.2) is 9.18 Å². The van der Waals surface area contributed by atoms with Gasteiger partial charge in [0.1, 0.15) is 5.60 Å². The first-order valence-electron chi connectivity index (χ1n) is 8.28. The van der Waals surface area contributed by atoms with E-state index in [4.69, 9.17) is 14.0 Å². The molecule has 0 bridgehead atoms. The zero-order valence-electron chi connectivity index (χ0n) is 15.3. The summed E-state index contributed by atoms with van der Waals surface area (Å²) in [4.78, 5) is 25.2. The molecule has 0 aromatic heterocycles. The van der Waals surface area contributed by atoms with Gasteiger partial charge in [0.05, 0.1) is 12.5 Å². The number of carbonyl (C=O) groups is 2. The Balaban J connectivity index is 2.41. The molecule has 27 heavy (non-hydrogen) atoms. The monoisotopic (exact) mass is 419 g/mol. The van der Waals surface area contributed by atoms with Crippen molar-refractivity contribution in [3.63, 3.8) is 0 Å². The van der Waals surface area contributed by atoms with Gasteiger partial charge in [0.15, 0.2) is 6.17 Å². The number of piperidine rings is 1. The van der Waals surface area contributed by atoms with Crippen LogP contribution in [0.5, 0.6) is 0 Å². The molecule has 0 radical (unpaired) electrons. The summed E-state index contributed by atoms with van der Waals surface area (Å²) in [6.45, 7) is 4.87. The van der Waals surface area contributed by atoms with Gasteiger partial charge in [0.2, 0.25) is 0 Å². The molecule has 0 aromatic rings. The largest absolute Gasteiger partial charge is 0.465 e. The standard InChI is InChI=1S/C15H24F3NO7S/c1-14(2,3)26-13(21)19-7-4-10(5-8-19)12(20)25-9-6-11(16)15(17,18)27(22,23)24/h10-11H,4-9H2,1-3H3,(H,22,23,24). The van der Waals surface area contributed by atoms with Gasteiger partial charge in [-0.1, -0.05) is 0 Å². The van der Waals surface area contributed by atoms with Gasteiger partial charge in [-0.15, -0.1) is 0 Å². The van der Waals surface area contributed by atoms with Crippen LogP contribution in [0.2, 0.25) is 0 Å². The highest BCUT2D eigenvalue weighted by molar-refractivity contribution is 7.86. The first-order chi connectivity index (χ1) is 12.1. The molecule has 0 spiro atoms. The van der Waals surface area contributed by atoms with E-state index in [1.165, 1.54) is 4.90 Å². The van der Waals surface area contributed by atoms with Crippen LogP contribution < -0.4 is 0 Å². The molecule has 0 aromatic carbocycles. The van der Waals surface area contributed by atoms with Gasteiger partial charge >= 0.3 is 27.4 Å². The summed E-state index contributed by atoms with van der Waals surface area (Å²) in [6, 6.07) is 0. The van der Waals surface area contributed by atoms with Crippen molar-refractivity contribution in [3.05, 3.63) is 0 Å². The van der Waals surface area contributed by atoms with Crippen LogP contribution in [0.1, 0.15) is 40.0 Å². The number of alkyl halides is 3. The van der Waals surface area contributed by atoms with Crippen molar-refractivity contribution in [2.45, 2.75) is 57.1 Å². The Morgan fingerprint density at radius 3 is 2.19 bits per heavy atom. The van der Waals surface area contributed by atoms with Crippen molar-refractivity contribution in [3.8, 4) is 0 Å². The number of esters is 1. The van der Waals surface area contributed by atoms with E-state index in [2.05, 4.69) is 0 Å². The lowest BCUT2D eigenvalue weighted by Crippen LogP contribution is -2.43. The third kappa shape index (κ3) is 6.83. The average Bonchev–Trinajstić information content (AvgIpc) is 2.52. The summed E-state index contributed by atoms with van der Waals surface area (Å²) in [6.07, 6.45) is -4.29. The van der Waals surface area contributed by atoms with E-state index >= 15 is 0 Å². The number of nitrogens with zero attached hydrogens (tertiary/aromatic N) is 1. The molecule has 1 fully saturated rings. The van der Waals surface area contributed by atoms with Crippen molar-refractivity contribution in [1.29, 1.82) is 0 Å². The third-order valence-corrected chi connectivity index (χ3v) is 4.75. The molecule has 12 heteroatoms. The molecule has 158 valence electrons. The topological polar surface area (TPSA) is 110 Å². The lowest BCUT2D eigenvalue weighted by molar-refractivity contribution is -0.151. The van der Waals surface area contributed by atoms with Crippen molar-refractivity contribution < 1.29 is 45.2 Å². The summed E-state index contributed by atoms with van der Waals surface area (Å²) < 4.78 is 78.5. The maximum Gasteiger partial charge on any atom is 0.410 e. The molecule has 1 atom stereocenters. The fraction of sp³-hybridized carbons (Fsp3) is 0.867. The van der Waals surface area contributed by atoms with Crippen molar-refractivity contribution >= 4 is 22.2 Å². The fourth-order valence-electron chi connectivity index (χ4n) is 2.33. The highest BCUT2D eigenvalue weighted by Gasteiger charge is 2.52. The lowest BCUT2D eigenvalue weighted by atomic mass is 9.97. The van der Waals surface area contributed by atoms with Crippen LogP contribution in [0, 0.1) is 5.92 Å². The lowest BCUT2D eigenvalue weighted by Gasteiger charge is -2.32. The molecular formula is C15H24F3NO7S. The fourth-order valence-corrected chi connectivity index (χ4v) is 2.78. The minimum absolute atomic E-state index is 0.237. The molecule has 1 aliphatic rings. The minimum Gasteiger partial charge on any atom is -0.465 e. The van der Waals surface area contributed by atoms with E-state index in [-0.39, 0.29) is 25.9 Å². The Kier molecular flexibility index (Phi) is 7.51. The first-order valence-corrected chi connectivity index (χ1v) is 9.72. The quantitative estimate of drug-likeness (QED) is 0.520. The minimum atomic E-state index is -5.90. The Hall–Kier alpha value is -1.56. The summed E-state index contributed by atoms with van der Waals surface area (Å²) in [5.74, 6) is -1.34. The van der Waals surface area contributed by atoms with Crippen molar-refractivity contribution in [1.82, 2.24) is 4.90 Å². The molecule has 1 aliphatic heterocycles. The normalized spacial score (nSPS) is 18.1. The Bertz CT molecular complexity index is 640. The highest BCUT2D eigenvalue weighted by atomic mass is 32.2. The van der Waals surface area contributed by atoms with Crippen LogP contribution in [-0.4, -0.2) is 66.7 Å². The third-order valence-electron chi connectivity index (χ3n) is 3.80. The van der Waals surface area contributed by atoms with Gasteiger partial charge in [0.25, 0.3) is 0 Å². The van der Waals surface area contributed by atoms with E-state index in [1.807, 2.05) is 0 Å². The SMILES string of the molecule is CC(C)(C)OC(=O)N1CCC(C(=O)OCCC(F)C(F)(F)S(=O)(=O)O)CC1. The Labute approximate surface area is 155 Å². The number of ether oxygens (including phenoxy) is 2.